The number of rotatable bonds is 3. The molecule has 2 heterocycles. The van der Waals surface area contributed by atoms with Crippen LogP contribution in [0, 0.1) is 0 Å². The maximum atomic E-state index is 11.9. The average Bonchev–Trinajstić information content (AvgIpc) is 2.38. The zero-order valence-corrected chi connectivity index (χ0v) is 9.98. The number of nitrogen functional groups attached to an aromatic ring is 1. The van der Waals surface area contributed by atoms with Gasteiger partial charge in [0.2, 0.25) is 0 Å². The van der Waals surface area contributed by atoms with Gasteiger partial charge in [-0.05, 0) is 6.07 Å². The molecule has 0 saturated carbocycles. The van der Waals surface area contributed by atoms with Crippen molar-refractivity contribution in [1.29, 1.82) is 0 Å². The van der Waals surface area contributed by atoms with Crippen molar-refractivity contribution in [2.45, 2.75) is 13.3 Å². The second-order valence-electron chi connectivity index (χ2n) is 4.02. The second kappa shape index (κ2) is 5.14. The van der Waals surface area contributed by atoms with Crippen LogP contribution >= 0.6 is 0 Å². The number of carbonyl (C=O) groups is 1. The fourth-order valence-corrected chi connectivity index (χ4v) is 1.90. The Morgan fingerprint density at radius 1 is 1.53 bits per heavy atom. The summed E-state index contributed by atoms with van der Waals surface area (Å²) in [5.74, 6) is 0.806. The lowest BCUT2D eigenvalue weighted by Crippen LogP contribution is -2.37. The highest BCUT2D eigenvalue weighted by Crippen LogP contribution is 2.22. The Labute approximate surface area is 101 Å². The molecule has 1 aliphatic rings. The van der Waals surface area contributed by atoms with E-state index >= 15 is 0 Å². The highest BCUT2D eigenvalue weighted by atomic mass is 16.5. The van der Waals surface area contributed by atoms with Gasteiger partial charge >= 0.3 is 0 Å². The normalized spacial score (nSPS) is 15.9. The molecule has 2 rings (SSSR count). The van der Waals surface area contributed by atoms with Crippen LogP contribution in [-0.2, 0) is 4.74 Å². The van der Waals surface area contributed by atoms with Crippen molar-refractivity contribution in [1.82, 2.24) is 4.98 Å². The van der Waals surface area contributed by atoms with E-state index in [2.05, 4.69) is 9.88 Å². The predicted molar refractivity (Wildman–Crippen MR) is 66.3 cm³/mol. The van der Waals surface area contributed by atoms with E-state index in [1.807, 2.05) is 6.92 Å². The third kappa shape index (κ3) is 2.55. The Morgan fingerprint density at radius 3 is 2.88 bits per heavy atom. The summed E-state index contributed by atoms with van der Waals surface area (Å²) in [5.41, 5.74) is 6.84. The summed E-state index contributed by atoms with van der Waals surface area (Å²) in [6.45, 7) is 4.72. The van der Waals surface area contributed by atoms with Crippen LogP contribution in [0.4, 0.5) is 11.5 Å². The summed E-state index contributed by atoms with van der Waals surface area (Å²) in [6, 6.07) is 1.71. The second-order valence-corrected chi connectivity index (χ2v) is 4.02. The molecule has 0 radical (unpaired) electrons. The Hall–Kier alpha value is -1.62. The summed E-state index contributed by atoms with van der Waals surface area (Å²) in [6.07, 6.45) is 2.06. The van der Waals surface area contributed by atoms with E-state index in [1.54, 1.807) is 12.3 Å². The lowest BCUT2D eigenvalue weighted by atomic mass is 10.1. The molecule has 0 aromatic carbocycles. The summed E-state index contributed by atoms with van der Waals surface area (Å²) < 4.78 is 5.29. The van der Waals surface area contributed by atoms with Gasteiger partial charge in [0.25, 0.3) is 0 Å². The first-order valence-electron chi connectivity index (χ1n) is 5.83. The minimum absolute atomic E-state index is 0.0753. The molecule has 1 fully saturated rings. The van der Waals surface area contributed by atoms with Crippen LogP contribution in [0.1, 0.15) is 23.7 Å². The summed E-state index contributed by atoms with van der Waals surface area (Å²) in [7, 11) is 0. The SMILES string of the molecule is CCC(=O)c1cc(N)cnc1N1CCOCC1. The number of ketones is 1. The zero-order chi connectivity index (χ0) is 12.3. The number of nitrogens with zero attached hydrogens (tertiary/aromatic N) is 2. The summed E-state index contributed by atoms with van der Waals surface area (Å²) >= 11 is 0. The van der Waals surface area contributed by atoms with Gasteiger partial charge in [-0.2, -0.15) is 0 Å². The van der Waals surface area contributed by atoms with E-state index in [0.29, 0.717) is 30.9 Å². The van der Waals surface area contributed by atoms with Crippen LogP contribution in [0.25, 0.3) is 0 Å². The number of pyridine rings is 1. The minimum Gasteiger partial charge on any atom is -0.397 e. The Bertz CT molecular complexity index is 414. The molecule has 1 saturated heterocycles. The lowest BCUT2D eigenvalue weighted by Gasteiger charge is -2.29. The maximum absolute atomic E-state index is 11.9. The molecule has 5 nitrogen and oxygen atoms in total. The van der Waals surface area contributed by atoms with Gasteiger partial charge in [0.05, 0.1) is 30.7 Å². The molecule has 0 bridgehead atoms. The highest BCUT2D eigenvalue weighted by molar-refractivity contribution is 6.01. The number of morpholine rings is 1. The van der Waals surface area contributed by atoms with E-state index in [-0.39, 0.29) is 5.78 Å². The number of anilines is 2. The van der Waals surface area contributed by atoms with Crippen molar-refractivity contribution in [2.75, 3.05) is 36.9 Å². The van der Waals surface area contributed by atoms with Crippen molar-refractivity contribution in [3.63, 3.8) is 0 Å². The number of hydrogen-bond donors (Lipinski definition) is 1. The van der Waals surface area contributed by atoms with Gasteiger partial charge in [-0.25, -0.2) is 4.98 Å². The van der Waals surface area contributed by atoms with Crippen molar-refractivity contribution in [3.8, 4) is 0 Å². The van der Waals surface area contributed by atoms with E-state index in [4.69, 9.17) is 10.5 Å². The van der Waals surface area contributed by atoms with Gasteiger partial charge in [-0.3, -0.25) is 4.79 Å². The Morgan fingerprint density at radius 2 is 2.24 bits per heavy atom. The fourth-order valence-electron chi connectivity index (χ4n) is 1.90. The van der Waals surface area contributed by atoms with E-state index in [1.165, 1.54) is 0 Å². The van der Waals surface area contributed by atoms with Gasteiger partial charge in [-0.1, -0.05) is 6.92 Å². The topological polar surface area (TPSA) is 68.5 Å². The third-order valence-electron chi connectivity index (χ3n) is 2.82. The molecule has 2 N–H and O–H groups in total. The molecular weight excluding hydrogens is 218 g/mol. The first kappa shape index (κ1) is 11.9. The molecule has 1 aromatic heterocycles. The van der Waals surface area contributed by atoms with Crippen LogP contribution in [-0.4, -0.2) is 37.1 Å². The number of ether oxygens (including phenoxy) is 1. The molecule has 17 heavy (non-hydrogen) atoms. The number of Topliss-reactive ketones (excluding diaryl/α,β-unsaturated/α-hetero) is 1. The number of nitrogens with two attached hydrogens (primary N) is 1. The first-order valence-corrected chi connectivity index (χ1v) is 5.83. The molecule has 0 atom stereocenters. The van der Waals surface area contributed by atoms with Crippen molar-refractivity contribution >= 4 is 17.3 Å². The van der Waals surface area contributed by atoms with E-state index < -0.39 is 0 Å². The Kier molecular flexibility index (Phi) is 3.58. The van der Waals surface area contributed by atoms with Crippen LogP contribution in [0.5, 0.6) is 0 Å². The smallest absolute Gasteiger partial charge is 0.166 e. The van der Waals surface area contributed by atoms with Crippen molar-refractivity contribution in [3.05, 3.63) is 17.8 Å². The van der Waals surface area contributed by atoms with Gasteiger partial charge in [-0.15, -0.1) is 0 Å². The molecule has 0 amide bonds. The highest BCUT2D eigenvalue weighted by Gasteiger charge is 2.19. The summed E-state index contributed by atoms with van der Waals surface area (Å²) in [5, 5.41) is 0. The fraction of sp³-hybridized carbons (Fsp3) is 0.500. The minimum atomic E-state index is 0.0753. The maximum Gasteiger partial charge on any atom is 0.166 e. The molecule has 5 heteroatoms. The van der Waals surface area contributed by atoms with Crippen LogP contribution < -0.4 is 10.6 Å². The zero-order valence-electron chi connectivity index (χ0n) is 9.98. The first-order chi connectivity index (χ1) is 8.22. The van der Waals surface area contributed by atoms with Gasteiger partial charge in [0.15, 0.2) is 5.78 Å². The molecule has 0 aliphatic carbocycles. The van der Waals surface area contributed by atoms with E-state index in [9.17, 15) is 4.79 Å². The van der Waals surface area contributed by atoms with Gasteiger partial charge < -0.3 is 15.4 Å². The standard InChI is InChI=1S/C12H17N3O2/c1-2-11(16)10-7-9(13)8-14-12(10)15-3-5-17-6-4-15/h7-8H,2-6,13H2,1H3. The molecule has 0 unspecified atom stereocenters. The van der Waals surface area contributed by atoms with Crippen LogP contribution in [0.2, 0.25) is 0 Å². The molecule has 1 aliphatic heterocycles. The molecule has 1 aromatic rings. The predicted octanol–water partition coefficient (Wildman–Crippen LogP) is 1.09. The quantitative estimate of drug-likeness (QED) is 0.794. The molecular formula is C12H17N3O2. The van der Waals surface area contributed by atoms with Gasteiger partial charge in [0.1, 0.15) is 5.82 Å². The summed E-state index contributed by atoms with van der Waals surface area (Å²) in [4.78, 5) is 18.2. The number of carbonyl (C=O) groups excluding carboxylic acids is 1. The lowest BCUT2D eigenvalue weighted by molar-refractivity contribution is 0.0986. The van der Waals surface area contributed by atoms with Gasteiger partial charge in [0, 0.05) is 19.5 Å². The van der Waals surface area contributed by atoms with Crippen LogP contribution in [0.15, 0.2) is 12.3 Å². The van der Waals surface area contributed by atoms with Crippen LogP contribution in [0.3, 0.4) is 0 Å². The third-order valence-corrected chi connectivity index (χ3v) is 2.82. The van der Waals surface area contributed by atoms with Crippen molar-refractivity contribution in [2.24, 2.45) is 0 Å². The largest absolute Gasteiger partial charge is 0.397 e. The number of aromatic nitrogens is 1. The number of hydrogen-bond acceptors (Lipinski definition) is 5. The van der Waals surface area contributed by atoms with Crippen molar-refractivity contribution < 1.29 is 9.53 Å². The van der Waals surface area contributed by atoms with E-state index in [0.717, 1.165) is 18.9 Å². The monoisotopic (exact) mass is 235 g/mol. The molecule has 92 valence electrons. The molecule has 0 spiro atoms. The Balaban J connectivity index is 2.34. The average molecular weight is 235 g/mol.